The number of carbonyl (C=O) groups excluding carboxylic acids is 1. The van der Waals surface area contributed by atoms with E-state index in [2.05, 4.69) is 16.6 Å². The molecule has 0 rings (SSSR count). The van der Waals surface area contributed by atoms with E-state index in [1.165, 1.54) is 110 Å². The molecule has 1 N–H and O–H groups in total. The predicted octanol–water partition coefficient (Wildman–Crippen LogP) is 6.89. The van der Waals surface area contributed by atoms with Crippen LogP contribution in [-0.2, 0) is 9.53 Å². The number of aliphatic hydroxyl groups excluding tert-OH is 1. The van der Waals surface area contributed by atoms with Crippen LogP contribution >= 0.6 is 0 Å². The van der Waals surface area contributed by atoms with Crippen LogP contribution in [-0.4, -0.2) is 49.3 Å². The van der Waals surface area contributed by atoms with Gasteiger partial charge in [-0.15, -0.1) is 0 Å². The highest BCUT2D eigenvalue weighted by Gasteiger charge is 2.04. The van der Waals surface area contributed by atoms with Crippen molar-refractivity contribution in [2.45, 2.75) is 129 Å². The molecule has 0 spiro atoms. The van der Waals surface area contributed by atoms with Gasteiger partial charge in [-0.2, -0.15) is 0 Å². The SMILES string of the molecule is CCCCCCCCCCCN(CCO)CCCCCCCCCCCC(=O)OC. The number of hydrogen-bond acceptors (Lipinski definition) is 4. The van der Waals surface area contributed by atoms with Crippen molar-refractivity contribution < 1.29 is 14.6 Å². The van der Waals surface area contributed by atoms with Crippen LogP contribution in [0, 0.1) is 0 Å². The molecule has 0 aromatic carbocycles. The topological polar surface area (TPSA) is 49.8 Å². The summed E-state index contributed by atoms with van der Waals surface area (Å²) >= 11 is 0. The third-order valence-electron chi connectivity index (χ3n) is 6.08. The Bertz CT molecular complexity index is 349. The second-order valence-electron chi connectivity index (χ2n) is 8.90. The third-order valence-corrected chi connectivity index (χ3v) is 6.08. The summed E-state index contributed by atoms with van der Waals surface area (Å²) in [6.45, 7) is 5.70. The number of methoxy groups -OCH3 is 1. The molecule has 0 aromatic heterocycles. The number of unbranched alkanes of at least 4 members (excludes halogenated alkanes) is 16. The highest BCUT2D eigenvalue weighted by atomic mass is 16.5. The minimum atomic E-state index is -0.0805. The average molecular weight is 428 g/mol. The van der Waals surface area contributed by atoms with E-state index in [-0.39, 0.29) is 12.6 Å². The number of hydrogen-bond donors (Lipinski definition) is 1. The number of nitrogens with zero attached hydrogens (tertiary/aromatic N) is 1. The molecule has 0 saturated heterocycles. The van der Waals surface area contributed by atoms with Crippen LogP contribution in [0.2, 0.25) is 0 Å². The molecule has 4 heteroatoms. The molecule has 0 amide bonds. The monoisotopic (exact) mass is 427 g/mol. The Labute approximate surface area is 188 Å². The van der Waals surface area contributed by atoms with Crippen molar-refractivity contribution in [1.82, 2.24) is 4.90 Å². The lowest BCUT2D eigenvalue weighted by Gasteiger charge is -2.21. The van der Waals surface area contributed by atoms with E-state index in [4.69, 9.17) is 0 Å². The van der Waals surface area contributed by atoms with Crippen molar-refractivity contribution >= 4 is 5.97 Å². The zero-order valence-corrected chi connectivity index (χ0v) is 20.5. The molecule has 180 valence electrons. The Morgan fingerprint density at radius 1 is 0.633 bits per heavy atom. The van der Waals surface area contributed by atoms with Crippen LogP contribution in [0.1, 0.15) is 129 Å². The molecular formula is C26H53NO3. The lowest BCUT2D eigenvalue weighted by atomic mass is 10.1. The molecule has 4 nitrogen and oxygen atoms in total. The van der Waals surface area contributed by atoms with Crippen molar-refractivity contribution in [3.8, 4) is 0 Å². The van der Waals surface area contributed by atoms with Gasteiger partial charge in [-0.05, 0) is 32.4 Å². The first-order valence-electron chi connectivity index (χ1n) is 13.1. The van der Waals surface area contributed by atoms with Crippen molar-refractivity contribution in [3.63, 3.8) is 0 Å². The first kappa shape index (κ1) is 29.4. The summed E-state index contributed by atoms with van der Waals surface area (Å²) in [6, 6.07) is 0. The van der Waals surface area contributed by atoms with Crippen LogP contribution in [0.3, 0.4) is 0 Å². The van der Waals surface area contributed by atoms with Gasteiger partial charge in [-0.1, -0.05) is 103 Å². The second-order valence-corrected chi connectivity index (χ2v) is 8.90. The Balaban J connectivity index is 3.43. The first-order chi connectivity index (χ1) is 14.7. The third kappa shape index (κ3) is 22.1. The van der Waals surface area contributed by atoms with Crippen LogP contribution in [0.25, 0.3) is 0 Å². The van der Waals surface area contributed by atoms with E-state index in [1.54, 1.807) is 0 Å². The van der Waals surface area contributed by atoms with Gasteiger partial charge < -0.3 is 14.7 Å². The fraction of sp³-hybridized carbons (Fsp3) is 0.962. The number of aliphatic hydroxyl groups is 1. The first-order valence-corrected chi connectivity index (χ1v) is 13.1. The molecular weight excluding hydrogens is 374 g/mol. The fourth-order valence-corrected chi connectivity index (χ4v) is 4.07. The Morgan fingerprint density at radius 2 is 1.03 bits per heavy atom. The van der Waals surface area contributed by atoms with Crippen molar-refractivity contribution in [2.24, 2.45) is 0 Å². The van der Waals surface area contributed by atoms with E-state index >= 15 is 0 Å². The van der Waals surface area contributed by atoms with Gasteiger partial charge in [-0.25, -0.2) is 0 Å². The molecule has 0 heterocycles. The summed E-state index contributed by atoms with van der Waals surface area (Å²) in [4.78, 5) is 13.5. The molecule has 0 aliphatic rings. The van der Waals surface area contributed by atoms with Gasteiger partial charge in [-0.3, -0.25) is 4.79 Å². The Morgan fingerprint density at radius 3 is 1.43 bits per heavy atom. The summed E-state index contributed by atoms with van der Waals surface area (Å²) in [5, 5.41) is 9.32. The maximum Gasteiger partial charge on any atom is 0.305 e. The highest BCUT2D eigenvalue weighted by molar-refractivity contribution is 5.68. The largest absolute Gasteiger partial charge is 0.469 e. The van der Waals surface area contributed by atoms with Gasteiger partial charge in [0.05, 0.1) is 13.7 Å². The van der Waals surface area contributed by atoms with E-state index in [0.717, 1.165) is 32.5 Å². The molecule has 0 atom stereocenters. The second kappa shape index (κ2) is 24.7. The maximum atomic E-state index is 11.0. The van der Waals surface area contributed by atoms with E-state index in [0.29, 0.717) is 6.42 Å². The van der Waals surface area contributed by atoms with Gasteiger partial charge >= 0.3 is 5.97 Å². The summed E-state index contributed by atoms with van der Waals surface area (Å²) in [5.74, 6) is -0.0805. The maximum absolute atomic E-state index is 11.0. The van der Waals surface area contributed by atoms with Gasteiger partial charge in [0, 0.05) is 13.0 Å². The van der Waals surface area contributed by atoms with Crippen molar-refractivity contribution in [1.29, 1.82) is 0 Å². The van der Waals surface area contributed by atoms with Gasteiger partial charge in [0.1, 0.15) is 0 Å². The zero-order valence-electron chi connectivity index (χ0n) is 20.5. The fourth-order valence-electron chi connectivity index (χ4n) is 4.07. The summed E-state index contributed by atoms with van der Waals surface area (Å²) in [7, 11) is 1.46. The molecule has 30 heavy (non-hydrogen) atoms. The van der Waals surface area contributed by atoms with Crippen molar-refractivity contribution in [3.05, 3.63) is 0 Å². The quantitative estimate of drug-likeness (QED) is 0.135. The van der Waals surface area contributed by atoms with E-state index in [9.17, 15) is 9.90 Å². The van der Waals surface area contributed by atoms with Crippen LogP contribution in [0.4, 0.5) is 0 Å². The van der Waals surface area contributed by atoms with Crippen molar-refractivity contribution in [2.75, 3.05) is 33.4 Å². The van der Waals surface area contributed by atoms with Crippen LogP contribution in [0.5, 0.6) is 0 Å². The molecule has 0 aliphatic carbocycles. The normalized spacial score (nSPS) is 11.3. The minimum absolute atomic E-state index is 0.0805. The molecule has 0 radical (unpaired) electrons. The van der Waals surface area contributed by atoms with Gasteiger partial charge in [0.15, 0.2) is 0 Å². The Hall–Kier alpha value is -0.610. The number of esters is 1. The predicted molar refractivity (Wildman–Crippen MR) is 129 cm³/mol. The summed E-state index contributed by atoms with van der Waals surface area (Å²) < 4.78 is 4.66. The Kier molecular flexibility index (Phi) is 24.2. The molecule has 0 bridgehead atoms. The molecule has 0 fully saturated rings. The van der Waals surface area contributed by atoms with E-state index < -0.39 is 0 Å². The average Bonchev–Trinajstić information content (AvgIpc) is 2.75. The molecule has 0 aromatic rings. The number of ether oxygens (including phenoxy) is 1. The van der Waals surface area contributed by atoms with E-state index in [1.807, 2.05) is 0 Å². The summed E-state index contributed by atoms with van der Waals surface area (Å²) in [6.07, 6.45) is 24.1. The smallest absolute Gasteiger partial charge is 0.305 e. The van der Waals surface area contributed by atoms with Gasteiger partial charge in [0.25, 0.3) is 0 Å². The lowest BCUT2D eigenvalue weighted by Crippen LogP contribution is -2.29. The number of rotatable bonds is 24. The van der Waals surface area contributed by atoms with Crippen LogP contribution in [0.15, 0.2) is 0 Å². The number of carbonyl (C=O) groups is 1. The molecule has 0 unspecified atom stereocenters. The molecule has 0 saturated carbocycles. The molecule has 0 aliphatic heterocycles. The highest BCUT2D eigenvalue weighted by Crippen LogP contribution is 2.12. The zero-order chi connectivity index (χ0) is 22.1. The van der Waals surface area contributed by atoms with Gasteiger partial charge in [0.2, 0.25) is 0 Å². The lowest BCUT2D eigenvalue weighted by molar-refractivity contribution is -0.140. The minimum Gasteiger partial charge on any atom is -0.469 e. The standard InChI is InChI=1S/C26H53NO3/c1-3-4-5-6-7-10-13-16-19-22-27(24-25-28)23-20-17-14-11-8-9-12-15-18-21-26(29)30-2/h28H,3-25H2,1-2H3. The summed E-state index contributed by atoms with van der Waals surface area (Å²) in [5.41, 5.74) is 0. The van der Waals surface area contributed by atoms with Crippen LogP contribution < -0.4 is 0 Å².